The van der Waals surface area contributed by atoms with E-state index < -0.39 is 20.6 Å². The summed E-state index contributed by atoms with van der Waals surface area (Å²) in [6.07, 6.45) is 3.72. The number of allylic oxidation sites excluding steroid dienone is 1. The minimum atomic E-state index is -1.89. The van der Waals surface area contributed by atoms with E-state index in [1.54, 1.807) is 20.1 Å². The third-order valence-electron chi connectivity index (χ3n) is 2.38. The molecule has 0 radical (unpaired) electrons. The minimum absolute atomic E-state index is 0.327. The van der Waals surface area contributed by atoms with E-state index in [2.05, 4.69) is 6.58 Å². The average molecular weight is 288 g/mol. The van der Waals surface area contributed by atoms with Crippen molar-refractivity contribution >= 4 is 14.3 Å². The van der Waals surface area contributed by atoms with Crippen LogP contribution in [0.4, 0.5) is 0 Å². The molecule has 0 bridgehead atoms. The number of carbonyl (C=O) groups excluding carboxylic acids is 1. The quantitative estimate of drug-likeness (QED) is 0.154. The van der Waals surface area contributed by atoms with E-state index in [0.29, 0.717) is 19.3 Å². The van der Waals surface area contributed by atoms with Gasteiger partial charge in [-0.15, -0.1) is 0 Å². The van der Waals surface area contributed by atoms with E-state index >= 15 is 0 Å². The molecule has 0 aromatic rings. The summed E-state index contributed by atoms with van der Waals surface area (Å²) < 4.78 is 21.1. The second kappa shape index (κ2) is 9.77. The van der Waals surface area contributed by atoms with E-state index in [4.69, 9.17) is 18.6 Å². The minimum Gasteiger partial charge on any atom is -0.499 e. The van der Waals surface area contributed by atoms with Gasteiger partial charge >= 0.3 is 5.97 Å². The Morgan fingerprint density at radius 2 is 2.05 bits per heavy atom. The van der Waals surface area contributed by atoms with Gasteiger partial charge in [0, 0.05) is 19.2 Å². The number of rotatable bonds is 10. The Labute approximate surface area is 116 Å². The number of esters is 1. The lowest BCUT2D eigenvalue weighted by Crippen LogP contribution is -2.36. The first-order valence-electron chi connectivity index (χ1n) is 6.17. The Balaban J connectivity index is 4.37. The molecule has 0 spiro atoms. The molecule has 0 heterocycles. The Kier molecular flexibility index (Phi) is 9.20. The van der Waals surface area contributed by atoms with E-state index in [0.717, 1.165) is 0 Å². The van der Waals surface area contributed by atoms with Crippen molar-refractivity contribution < 1.29 is 23.4 Å². The zero-order chi connectivity index (χ0) is 14.7. The lowest BCUT2D eigenvalue weighted by molar-refractivity contribution is -0.170. The molecule has 0 fully saturated rings. The summed E-state index contributed by atoms with van der Waals surface area (Å²) >= 11 is 0. The second-order valence-electron chi connectivity index (χ2n) is 4.44. The van der Waals surface area contributed by atoms with E-state index in [9.17, 15) is 4.79 Å². The molecule has 0 aliphatic carbocycles. The fourth-order valence-electron chi connectivity index (χ4n) is 1.24. The van der Waals surface area contributed by atoms with Crippen LogP contribution in [0.5, 0.6) is 0 Å². The SMILES string of the molecule is C=COCCOC(C[Si](C)(C)OC)OC(=O)C=CC. The van der Waals surface area contributed by atoms with Crippen LogP contribution in [0.3, 0.4) is 0 Å². The molecule has 1 unspecified atom stereocenters. The summed E-state index contributed by atoms with van der Waals surface area (Å²) in [5, 5.41) is 0. The average Bonchev–Trinajstić information content (AvgIpc) is 2.34. The van der Waals surface area contributed by atoms with Gasteiger partial charge in [0.1, 0.15) is 6.61 Å². The van der Waals surface area contributed by atoms with Crippen LogP contribution in [-0.4, -0.2) is 40.9 Å². The fourth-order valence-corrected chi connectivity index (χ4v) is 2.41. The molecule has 0 aromatic heterocycles. The van der Waals surface area contributed by atoms with Gasteiger partial charge in [0.15, 0.2) is 8.32 Å². The van der Waals surface area contributed by atoms with Crippen LogP contribution < -0.4 is 0 Å². The number of hydrogen-bond acceptors (Lipinski definition) is 5. The molecule has 0 aliphatic rings. The number of ether oxygens (including phenoxy) is 3. The first-order chi connectivity index (χ1) is 8.95. The molecule has 1 atom stereocenters. The van der Waals surface area contributed by atoms with Gasteiger partial charge in [-0.05, 0) is 20.0 Å². The fraction of sp³-hybridized carbons (Fsp3) is 0.615. The Morgan fingerprint density at radius 3 is 2.58 bits per heavy atom. The number of hydrogen-bond donors (Lipinski definition) is 0. The Hall–Kier alpha value is -1.11. The van der Waals surface area contributed by atoms with Crippen molar-refractivity contribution in [3.8, 4) is 0 Å². The first-order valence-corrected chi connectivity index (χ1v) is 9.29. The van der Waals surface area contributed by atoms with Crippen LogP contribution in [0.2, 0.25) is 19.1 Å². The van der Waals surface area contributed by atoms with Crippen molar-refractivity contribution in [2.45, 2.75) is 32.4 Å². The summed E-state index contributed by atoms with van der Waals surface area (Å²) in [5.74, 6) is -0.418. The molecule has 0 aliphatic heterocycles. The zero-order valence-corrected chi connectivity index (χ0v) is 13.2. The van der Waals surface area contributed by atoms with E-state index in [1.165, 1.54) is 12.3 Å². The molecule has 5 nitrogen and oxygen atoms in total. The van der Waals surface area contributed by atoms with Gasteiger partial charge in [-0.3, -0.25) is 0 Å². The van der Waals surface area contributed by atoms with Crippen molar-refractivity contribution in [1.29, 1.82) is 0 Å². The van der Waals surface area contributed by atoms with Gasteiger partial charge in [-0.25, -0.2) is 4.79 Å². The summed E-state index contributed by atoms with van der Waals surface area (Å²) in [4.78, 5) is 11.5. The van der Waals surface area contributed by atoms with Crippen molar-refractivity contribution in [2.75, 3.05) is 20.3 Å². The maximum Gasteiger partial charge on any atom is 0.332 e. The van der Waals surface area contributed by atoms with Crippen LogP contribution in [-0.2, 0) is 23.4 Å². The Morgan fingerprint density at radius 1 is 1.37 bits per heavy atom. The van der Waals surface area contributed by atoms with Crippen LogP contribution in [0.25, 0.3) is 0 Å². The van der Waals surface area contributed by atoms with Crippen molar-refractivity contribution in [3.05, 3.63) is 25.0 Å². The van der Waals surface area contributed by atoms with Crippen LogP contribution in [0.1, 0.15) is 6.92 Å². The highest BCUT2D eigenvalue weighted by molar-refractivity contribution is 6.71. The predicted molar refractivity (Wildman–Crippen MR) is 76.1 cm³/mol. The maximum atomic E-state index is 11.5. The molecule has 0 saturated carbocycles. The van der Waals surface area contributed by atoms with E-state index in [1.807, 2.05) is 13.1 Å². The number of carbonyl (C=O) groups is 1. The summed E-state index contributed by atoms with van der Waals surface area (Å²) in [6, 6.07) is 0.570. The van der Waals surface area contributed by atoms with Gasteiger partial charge in [-0.2, -0.15) is 0 Å². The highest BCUT2D eigenvalue weighted by atomic mass is 28.4. The van der Waals surface area contributed by atoms with Gasteiger partial charge in [-0.1, -0.05) is 12.7 Å². The van der Waals surface area contributed by atoms with Gasteiger partial charge in [0.25, 0.3) is 0 Å². The largest absolute Gasteiger partial charge is 0.499 e. The maximum absolute atomic E-state index is 11.5. The van der Waals surface area contributed by atoms with Gasteiger partial charge < -0.3 is 18.6 Å². The second-order valence-corrected chi connectivity index (χ2v) is 8.78. The summed E-state index contributed by atoms with van der Waals surface area (Å²) in [7, 11) is -0.221. The monoisotopic (exact) mass is 288 g/mol. The van der Waals surface area contributed by atoms with Gasteiger partial charge in [0.2, 0.25) is 6.29 Å². The Bertz CT molecular complexity index is 301. The summed E-state index contributed by atoms with van der Waals surface area (Å²) in [5.41, 5.74) is 0. The molecule has 19 heavy (non-hydrogen) atoms. The third kappa shape index (κ3) is 9.46. The molecular weight excluding hydrogens is 264 g/mol. The lowest BCUT2D eigenvalue weighted by Gasteiger charge is -2.26. The zero-order valence-electron chi connectivity index (χ0n) is 12.2. The van der Waals surface area contributed by atoms with Crippen LogP contribution in [0.15, 0.2) is 25.0 Å². The standard InChI is InChI=1S/C13H24O5Si/c1-6-8-12(14)18-13(11-19(4,5)15-3)17-10-9-16-7-2/h6-8,13H,2,9-11H2,1,3-5H3. The topological polar surface area (TPSA) is 54.0 Å². The molecule has 0 rings (SSSR count). The molecule has 6 heteroatoms. The van der Waals surface area contributed by atoms with Crippen molar-refractivity contribution in [3.63, 3.8) is 0 Å². The smallest absolute Gasteiger partial charge is 0.332 e. The molecule has 110 valence electrons. The van der Waals surface area contributed by atoms with Crippen molar-refractivity contribution in [2.24, 2.45) is 0 Å². The van der Waals surface area contributed by atoms with Gasteiger partial charge in [0.05, 0.1) is 12.9 Å². The predicted octanol–water partition coefficient (Wildman–Crippen LogP) is 2.46. The molecular formula is C13H24O5Si. The third-order valence-corrected chi connectivity index (χ3v) is 4.81. The van der Waals surface area contributed by atoms with Crippen molar-refractivity contribution in [1.82, 2.24) is 0 Å². The molecule has 0 amide bonds. The molecule has 0 saturated heterocycles. The highest BCUT2D eigenvalue weighted by Crippen LogP contribution is 2.16. The first kappa shape index (κ1) is 17.9. The molecule has 0 aromatic carbocycles. The van der Waals surface area contributed by atoms with Crippen LogP contribution in [0, 0.1) is 0 Å². The lowest BCUT2D eigenvalue weighted by atomic mass is 10.5. The van der Waals surface area contributed by atoms with Crippen LogP contribution >= 0.6 is 0 Å². The normalized spacial score (nSPS) is 13.3. The molecule has 0 N–H and O–H groups in total. The summed E-state index contributed by atoms with van der Waals surface area (Å²) in [6.45, 7) is 9.96. The van der Waals surface area contributed by atoms with E-state index in [-0.39, 0.29) is 0 Å². The highest BCUT2D eigenvalue weighted by Gasteiger charge is 2.28.